The standard InChI is InChI=1S/C13H17N3O2/c1-8(7-14)15-13(17)12-6-9-5-10(18-2)3-4-11(9)16-12/h3-6,8,16H,7,14H2,1-2H3,(H,15,17). The van der Waals surface area contributed by atoms with Gasteiger partial charge in [-0.2, -0.15) is 0 Å². The van der Waals surface area contributed by atoms with Gasteiger partial charge in [-0.1, -0.05) is 0 Å². The molecule has 0 radical (unpaired) electrons. The number of carbonyl (C=O) groups excluding carboxylic acids is 1. The third-order valence-electron chi connectivity index (χ3n) is 2.80. The van der Waals surface area contributed by atoms with Gasteiger partial charge >= 0.3 is 0 Å². The summed E-state index contributed by atoms with van der Waals surface area (Å²) in [5, 5.41) is 3.75. The van der Waals surface area contributed by atoms with E-state index in [9.17, 15) is 4.79 Å². The van der Waals surface area contributed by atoms with Gasteiger partial charge in [0.25, 0.3) is 5.91 Å². The number of nitrogens with one attached hydrogen (secondary N) is 2. The minimum atomic E-state index is -0.150. The van der Waals surface area contributed by atoms with Crippen LogP contribution in [0.15, 0.2) is 24.3 Å². The molecule has 2 rings (SSSR count). The number of carbonyl (C=O) groups is 1. The van der Waals surface area contributed by atoms with Crippen LogP contribution >= 0.6 is 0 Å². The van der Waals surface area contributed by atoms with Gasteiger partial charge in [-0.25, -0.2) is 0 Å². The van der Waals surface area contributed by atoms with Crippen LogP contribution in [0.1, 0.15) is 17.4 Å². The number of fused-ring (bicyclic) bond motifs is 1. The first-order valence-electron chi connectivity index (χ1n) is 5.81. The Morgan fingerprint density at radius 1 is 1.50 bits per heavy atom. The average molecular weight is 247 g/mol. The Kier molecular flexibility index (Phi) is 3.53. The molecule has 0 aliphatic rings. The molecule has 1 heterocycles. The van der Waals surface area contributed by atoms with Gasteiger partial charge in [0.05, 0.1) is 7.11 Å². The first kappa shape index (κ1) is 12.4. The molecule has 1 atom stereocenters. The van der Waals surface area contributed by atoms with Gasteiger partial charge in [-0.15, -0.1) is 0 Å². The molecule has 0 fully saturated rings. The molecule has 0 bridgehead atoms. The summed E-state index contributed by atoms with van der Waals surface area (Å²) in [6, 6.07) is 7.38. The summed E-state index contributed by atoms with van der Waals surface area (Å²) in [7, 11) is 1.62. The lowest BCUT2D eigenvalue weighted by atomic mass is 10.2. The number of H-pyrrole nitrogens is 1. The van der Waals surface area contributed by atoms with E-state index >= 15 is 0 Å². The summed E-state index contributed by atoms with van der Waals surface area (Å²) in [5.74, 6) is 0.618. The lowest BCUT2D eigenvalue weighted by Crippen LogP contribution is -2.37. The van der Waals surface area contributed by atoms with Crippen molar-refractivity contribution >= 4 is 16.8 Å². The zero-order chi connectivity index (χ0) is 13.1. The highest BCUT2D eigenvalue weighted by molar-refractivity contribution is 5.98. The van der Waals surface area contributed by atoms with Gasteiger partial charge in [-0.3, -0.25) is 4.79 Å². The Labute approximate surface area is 105 Å². The largest absolute Gasteiger partial charge is 0.497 e. The SMILES string of the molecule is COc1ccc2[nH]c(C(=O)NC(C)CN)cc2c1. The lowest BCUT2D eigenvalue weighted by molar-refractivity contribution is 0.0937. The topological polar surface area (TPSA) is 80.1 Å². The Hall–Kier alpha value is -2.01. The number of hydrogen-bond donors (Lipinski definition) is 3. The Bertz CT molecular complexity index is 562. The fourth-order valence-corrected chi connectivity index (χ4v) is 1.72. The fourth-order valence-electron chi connectivity index (χ4n) is 1.72. The van der Waals surface area contributed by atoms with Gasteiger partial charge in [0.2, 0.25) is 0 Å². The van der Waals surface area contributed by atoms with Crippen molar-refractivity contribution in [1.82, 2.24) is 10.3 Å². The first-order chi connectivity index (χ1) is 8.63. The van der Waals surface area contributed by atoms with Crippen molar-refractivity contribution < 1.29 is 9.53 Å². The molecule has 1 aromatic carbocycles. The van der Waals surface area contributed by atoms with Crippen LogP contribution in [0.2, 0.25) is 0 Å². The molecule has 1 aromatic heterocycles. The Morgan fingerprint density at radius 2 is 2.28 bits per heavy atom. The maximum atomic E-state index is 11.9. The van der Waals surface area contributed by atoms with Crippen LogP contribution < -0.4 is 15.8 Å². The molecule has 0 aliphatic carbocycles. The number of benzene rings is 1. The molecular formula is C13H17N3O2. The number of nitrogens with two attached hydrogens (primary N) is 1. The molecule has 18 heavy (non-hydrogen) atoms. The summed E-state index contributed by atoms with van der Waals surface area (Å²) in [4.78, 5) is 15.0. The quantitative estimate of drug-likeness (QED) is 0.760. The fraction of sp³-hybridized carbons (Fsp3) is 0.308. The molecule has 96 valence electrons. The maximum absolute atomic E-state index is 11.9. The number of ether oxygens (including phenoxy) is 1. The van der Waals surface area contributed by atoms with Gasteiger partial charge in [0.1, 0.15) is 11.4 Å². The molecule has 1 amide bonds. The van der Waals surface area contributed by atoms with Crippen molar-refractivity contribution in [2.75, 3.05) is 13.7 Å². The molecule has 2 aromatic rings. The van der Waals surface area contributed by atoms with Crippen LogP contribution in [-0.2, 0) is 0 Å². The predicted octanol–water partition coefficient (Wildman–Crippen LogP) is 1.25. The molecule has 5 heteroatoms. The summed E-state index contributed by atoms with van der Waals surface area (Å²) < 4.78 is 5.14. The summed E-state index contributed by atoms with van der Waals surface area (Å²) in [6.45, 7) is 2.28. The minimum Gasteiger partial charge on any atom is -0.497 e. The highest BCUT2D eigenvalue weighted by Crippen LogP contribution is 2.21. The van der Waals surface area contributed by atoms with Crippen molar-refractivity contribution in [3.05, 3.63) is 30.0 Å². The van der Waals surface area contributed by atoms with E-state index in [-0.39, 0.29) is 11.9 Å². The summed E-state index contributed by atoms with van der Waals surface area (Å²) in [5.41, 5.74) is 6.90. The molecule has 4 N–H and O–H groups in total. The molecule has 0 saturated carbocycles. The van der Waals surface area contributed by atoms with Crippen LogP contribution in [-0.4, -0.2) is 30.6 Å². The summed E-state index contributed by atoms with van der Waals surface area (Å²) in [6.07, 6.45) is 0. The van der Waals surface area contributed by atoms with Gasteiger partial charge in [0.15, 0.2) is 0 Å². The minimum absolute atomic E-state index is 0.0431. The Morgan fingerprint density at radius 3 is 2.94 bits per heavy atom. The van der Waals surface area contributed by atoms with Crippen molar-refractivity contribution in [2.45, 2.75) is 13.0 Å². The lowest BCUT2D eigenvalue weighted by Gasteiger charge is -2.09. The smallest absolute Gasteiger partial charge is 0.267 e. The van der Waals surface area contributed by atoms with Crippen LogP contribution in [0.3, 0.4) is 0 Å². The van der Waals surface area contributed by atoms with Crippen LogP contribution in [0.5, 0.6) is 5.75 Å². The van der Waals surface area contributed by atoms with E-state index in [1.54, 1.807) is 13.2 Å². The molecule has 0 saturated heterocycles. The van der Waals surface area contributed by atoms with E-state index in [0.717, 1.165) is 16.7 Å². The number of aromatic nitrogens is 1. The number of rotatable bonds is 4. The van der Waals surface area contributed by atoms with Crippen LogP contribution in [0.4, 0.5) is 0 Å². The second kappa shape index (κ2) is 5.10. The van der Waals surface area contributed by atoms with Crippen molar-refractivity contribution in [3.8, 4) is 5.75 Å². The first-order valence-corrected chi connectivity index (χ1v) is 5.81. The predicted molar refractivity (Wildman–Crippen MR) is 70.8 cm³/mol. The highest BCUT2D eigenvalue weighted by atomic mass is 16.5. The third-order valence-corrected chi connectivity index (χ3v) is 2.80. The van der Waals surface area contributed by atoms with Gasteiger partial charge in [0, 0.05) is 23.5 Å². The second-order valence-corrected chi connectivity index (χ2v) is 4.25. The van der Waals surface area contributed by atoms with Crippen LogP contribution in [0.25, 0.3) is 10.9 Å². The monoisotopic (exact) mass is 247 g/mol. The highest BCUT2D eigenvalue weighted by Gasteiger charge is 2.11. The van der Waals surface area contributed by atoms with E-state index in [1.165, 1.54) is 0 Å². The average Bonchev–Trinajstić information content (AvgIpc) is 2.81. The third kappa shape index (κ3) is 2.46. The van der Waals surface area contributed by atoms with E-state index in [2.05, 4.69) is 10.3 Å². The Balaban J connectivity index is 2.26. The number of hydrogen-bond acceptors (Lipinski definition) is 3. The number of amides is 1. The summed E-state index contributed by atoms with van der Waals surface area (Å²) >= 11 is 0. The number of aromatic amines is 1. The molecule has 0 spiro atoms. The molecule has 1 unspecified atom stereocenters. The van der Waals surface area contributed by atoms with Crippen molar-refractivity contribution in [3.63, 3.8) is 0 Å². The van der Waals surface area contributed by atoms with Gasteiger partial charge in [-0.05, 0) is 31.2 Å². The van der Waals surface area contributed by atoms with Crippen LogP contribution in [0, 0.1) is 0 Å². The van der Waals surface area contributed by atoms with E-state index in [0.29, 0.717) is 12.2 Å². The van der Waals surface area contributed by atoms with Crippen molar-refractivity contribution in [1.29, 1.82) is 0 Å². The zero-order valence-corrected chi connectivity index (χ0v) is 10.5. The maximum Gasteiger partial charge on any atom is 0.267 e. The van der Waals surface area contributed by atoms with Crippen molar-refractivity contribution in [2.24, 2.45) is 5.73 Å². The van der Waals surface area contributed by atoms with E-state index in [4.69, 9.17) is 10.5 Å². The number of methoxy groups -OCH3 is 1. The van der Waals surface area contributed by atoms with E-state index in [1.807, 2.05) is 25.1 Å². The molecule has 5 nitrogen and oxygen atoms in total. The van der Waals surface area contributed by atoms with Gasteiger partial charge < -0.3 is 20.8 Å². The van der Waals surface area contributed by atoms with E-state index < -0.39 is 0 Å². The molecular weight excluding hydrogens is 230 g/mol. The molecule has 0 aliphatic heterocycles. The zero-order valence-electron chi connectivity index (χ0n) is 10.5. The second-order valence-electron chi connectivity index (χ2n) is 4.25. The normalized spacial score (nSPS) is 12.4.